The number of hydrogen-bond acceptors (Lipinski definition) is 8. The topological polar surface area (TPSA) is 84.8 Å². The highest BCUT2D eigenvalue weighted by Gasteiger charge is 2.50. The Hall–Kier alpha value is -0.840. The molecule has 10 atom stereocenters. The van der Waals surface area contributed by atoms with E-state index in [1.807, 2.05) is 32.1 Å². The first kappa shape index (κ1) is 28.4. The van der Waals surface area contributed by atoms with Crippen LogP contribution >= 0.6 is 0 Å². The van der Waals surface area contributed by atoms with Gasteiger partial charge in [-0.25, -0.2) is 0 Å². The van der Waals surface area contributed by atoms with E-state index in [1.165, 1.54) is 0 Å². The summed E-state index contributed by atoms with van der Waals surface area (Å²) in [4.78, 5) is 0. The second-order valence-corrected chi connectivity index (χ2v) is 9.09. The molecule has 2 saturated heterocycles. The molecule has 0 aromatic rings. The summed E-state index contributed by atoms with van der Waals surface area (Å²) in [6, 6.07) is 0. The van der Waals surface area contributed by atoms with Gasteiger partial charge in [-0.15, -0.1) is 0 Å². The van der Waals surface area contributed by atoms with Crippen LogP contribution in [0.15, 0.2) is 23.8 Å². The van der Waals surface area contributed by atoms with Crippen LogP contribution in [-0.4, -0.2) is 89.4 Å². The van der Waals surface area contributed by atoms with Crippen molar-refractivity contribution in [2.45, 2.75) is 89.2 Å². The molecule has 0 aromatic carbocycles. The maximum absolute atomic E-state index is 10.9. The Labute approximate surface area is 199 Å². The fourth-order valence-electron chi connectivity index (χ4n) is 4.88. The third kappa shape index (κ3) is 6.24. The molecule has 2 aliphatic heterocycles. The molecule has 2 heterocycles. The summed E-state index contributed by atoms with van der Waals surface area (Å²) >= 11 is 0. The molecular formula is C25H44O8. The Balaban J connectivity index is 2.03. The zero-order valence-electron chi connectivity index (χ0n) is 21.6. The molecule has 2 rings (SSSR count). The molecule has 0 saturated carbocycles. The van der Waals surface area contributed by atoms with Crippen molar-refractivity contribution in [1.29, 1.82) is 0 Å². The van der Waals surface area contributed by atoms with Crippen LogP contribution in [0, 0.1) is 11.8 Å². The standard InChI is InChI=1S/C25H44O8/c1-10-18(27-5)17(4)19-14-25(26,33-19)16(3)13-11-12-15(2)20-21(28-6)22(29-7)23(30-8)24(31-9)32-20/h11-13,16-24,26H,10,14H2,1-9H3/b13-11+,15-12+/t16-,17+,18-,19+,20-,21+,22-,23+,24-,25-/m0/s1. The van der Waals surface area contributed by atoms with Crippen molar-refractivity contribution in [1.82, 2.24) is 0 Å². The van der Waals surface area contributed by atoms with Gasteiger partial charge in [0, 0.05) is 53.8 Å². The van der Waals surface area contributed by atoms with E-state index in [9.17, 15) is 5.11 Å². The Bertz CT molecular complexity index is 640. The van der Waals surface area contributed by atoms with Gasteiger partial charge in [-0.2, -0.15) is 0 Å². The van der Waals surface area contributed by atoms with Gasteiger partial charge in [0.05, 0.1) is 12.2 Å². The first-order valence-electron chi connectivity index (χ1n) is 11.8. The van der Waals surface area contributed by atoms with E-state index in [2.05, 4.69) is 13.8 Å². The minimum absolute atomic E-state index is 0.00295. The summed E-state index contributed by atoms with van der Waals surface area (Å²) in [6.45, 7) is 8.13. The Morgan fingerprint density at radius 2 is 1.64 bits per heavy atom. The molecule has 192 valence electrons. The minimum Gasteiger partial charge on any atom is -0.381 e. The predicted molar refractivity (Wildman–Crippen MR) is 125 cm³/mol. The van der Waals surface area contributed by atoms with Gasteiger partial charge in [0.25, 0.3) is 0 Å². The molecule has 0 spiro atoms. The monoisotopic (exact) mass is 472 g/mol. The Morgan fingerprint density at radius 3 is 2.12 bits per heavy atom. The summed E-state index contributed by atoms with van der Waals surface area (Å²) < 4.78 is 40.0. The maximum atomic E-state index is 10.9. The third-order valence-electron chi connectivity index (χ3n) is 7.19. The summed E-state index contributed by atoms with van der Waals surface area (Å²) in [6.07, 6.45) is 5.39. The normalized spacial score (nSPS) is 38.2. The number of rotatable bonds is 12. The Morgan fingerprint density at radius 1 is 1.03 bits per heavy atom. The van der Waals surface area contributed by atoms with Crippen molar-refractivity contribution >= 4 is 0 Å². The fraction of sp³-hybridized carbons (Fsp3) is 0.840. The van der Waals surface area contributed by atoms with Crippen molar-refractivity contribution in [2.24, 2.45) is 11.8 Å². The van der Waals surface area contributed by atoms with Crippen LogP contribution in [-0.2, 0) is 33.2 Å². The van der Waals surface area contributed by atoms with Crippen LogP contribution < -0.4 is 0 Å². The van der Waals surface area contributed by atoms with Crippen LogP contribution in [0.25, 0.3) is 0 Å². The molecule has 0 aliphatic carbocycles. The number of hydrogen-bond donors (Lipinski definition) is 1. The Kier molecular flexibility index (Phi) is 11.0. The molecule has 1 N–H and O–H groups in total. The largest absolute Gasteiger partial charge is 0.381 e. The van der Waals surface area contributed by atoms with E-state index >= 15 is 0 Å². The molecular weight excluding hydrogens is 428 g/mol. The second-order valence-electron chi connectivity index (χ2n) is 9.09. The molecule has 0 radical (unpaired) electrons. The van der Waals surface area contributed by atoms with E-state index in [1.54, 1.807) is 35.5 Å². The zero-order valence-corrected chi connectivity index (χ0v) is 21.6. The van der Waals surface area contributed by atoms with Gasteiger partial charge in [0.2, 0.25) is 0 Å². The van der Waals surface area contributed by atoms with E-state index in [0.29, 0.717) is 6.42 Å². The van der Waals surface area contributed by atoms with Crippen molar-refractivity contribution in [3.05, 3.63) is 23.8 Å². The van der Waals surface area contributed by atoms with Crippen LogP contribution in [0.4, 0.5) is 0 Å². The molecule has 33 heavy (non-hydrogen) atoms. The molecule has 8 nitrogen and oxygen atoms in total. The van der Waals surface area contributed by atoms with Gasteiger partial charge in [-0.1, -0.05) is 39.0 Å². The smallest absolute Gasteiger partial charge is 0.186 e. The van der Waals surface area contributed by atoms with E-state index in [0.717, 1.165) is 12.0 Å². The summed E-state index contributed by atoms with van der Waals surface area (Å²) in [5.41, 5.74) is 0.947. The van der Waals surface area contributed by atoms with Crippen molar-refractivity contribution < 1.29 is 38.3 Å². The lowest BCUT2D eigenvalue weighted by molar-refractivity contribution is -0.351. The van der Waals surface area contributed by atoms with Gasteiger partial charge in [-0.3, -0.25) is 0 Å². The van der Waals surface area contributed by atoms with Crippen LogP contribution in [0.2, 0.25) is 0 Å². The highest BCUT2D eigenvalue weighted by molar-refractivity contribution is 5.19. The number of methoxy groups -OCH3 is 5. The van der Waals surface area contributed by atoms with Crippen molar-refractivity contribution in [3.8, 4) is 0 Å². The molecule has 0 unspecified atom stereocenters. The number of aliphatic hydroxyl groups is 1. The molecule has 0 bridgehead atoms. The van der Waals surface area contributed by atoms with Gasteiger partial charge >= 0.3 is 0 Å². The highest BCUT2D eigenvalue weighted by atomic mass is 16.7. The third-order valence-corrected chi connectivity index (χ3v) is 7.19. The molecule has 0 amide bonds. The van der Waals surface area contributed by atoms with Gasteiger partial charge < -0.3 is 38.3 Å². The van der Waals surface area contributed by atoms with Gasteiger partial charge in [0.15, 0.2) is 12.1 Å². The minimum atomic E-state index is -1.16. The average molecular weight is 473 g/mol. The molecule has 2 fully saturated rings. The van der Waals surface area contributed by atoms with E-state index in [4.69, 9.17) is 33.2 Å². The van der Waals surface area contributed by atoms with Gasteiger partial charge in [0.1, 0.15) is 24.4 Å². The molecule has 0 aromatic heterocycles. The summed E-state index contributed by atoms with van der Waals surface area (Å²) in [5, 5.41) is 10.9. The number of ether oxygens (including phenoxy) is 7. The van der Waals surface area contributed by atoms with E-state index in [-0.39, 0.29) is 42.4 Å². The zero-order chi connectivity index (χ0) is 24.8. The average Bonchev–Trinajstić information content (AvgIpc) is 2.80. The van der Waals surface area contributed by atoms with Crippen molar-refractivity contribution in [3.63, 3.8) is 0 Å². The maximum Gasteiger partial charge on any atom is 0.186 e. The van der Waals surface area contributed by atoms with Crippen LogP contribution in [0.3, 0.4) is 0 Å². The predicted octanol–water partition coefficient (Wildman–Crippen LogP) is 3.08. The lowest BCUT2D eigenvalue weighted by Crippen LogP contribution is -2.60. The second kappa shape index (κ2) is 12.7. The van der Waals surface area contributed by atoms with Gasteiger partial charge in [-0.05, 0) is 18.9 Å². The van der Waals surface area contributed by atoms with Crippen LogP contribution in [0.5, 0.6) is 0 Å². The lowest BCUT2D eigenvalue weighted by Gasteiger charge is -2.50. The first-order chi connectivity index (χ1) is 15.7. The SMILES string of the molecule is CC[C@H](OC)[C@@H](C)[C@H]1C[C@@](O)([C@@H](C)/C=C/C=C(\C)[C@@H]2O[C@H](OC)[C@H](OC)[C@@H](OC)[C@@H]2OC)O1. The lowest BCUT2D eigenvalue weighted by atomic mass is 9.81. The van der Waals surface area contributed by atoms with E-state index < -0.39 is 18.2 Å². The first-order valence-corrected chi connectivity index (χ1v) is 11.8. The summed E-state index contributed by atoms with van der Waals surface area (Å²) in [7, 11) is 8.16. The molecule has 2 aliphatic rings. The molecule has 8 heteroatoms. The van der Waals surface area contributed by atoms with Crippen molar-refractivity contribution in [2.75, 3.05) is 35.5 Å². The number of allylic oxidation sites excluding steroid dienone is 2. The highest BCUT2D eigenvalue weighted by Crippen LogP contribution is 2.42. The summed E-state index contributed by atoms with van der Waals surface area (Å²) in [5.74, 6) is -1.10. The quantitative estimate of drug-likeness (QED) is 0.434. The fourth-order valence-corrected chi connectivity index (χ4v) is 4.88. The van der Waals surface area contributed by atoms with Crippen LogP contribution in [0.1, 0.15) is 40.5 Å².